The molecule has 2 aromatic rings. The van der Waals surface area contributed by atoms with Crippen LogP contribution in [0.4, 0.5) is 10.5 Å². The molecule has 11 nitrogen and oxygen atoms in total. The third-order valence-corrected chi connectivity index (χ3v) is 11.9. The van der Waals surface area contributed by atoms with E-state index in [0.29, 0.717) is 25.0 Å². The molecule has 3 saturated heterocycles. The second kappa shape index (κ2) is 7.14. The van der Waals surface area contributed by atoms with Crippen molar-refractivity contribution < 1.29 is 38.4 Å². The van der Waals surface area contributed by atoms with E-state index in [1.54, 1.807) is 6.20 Å². The number of methoxy groups -OCH3 is 1. The highest BCUT2D eigenvalue weighted by atomic mass is 16.8. The monoisotopic (exact) mass is 563 g/mol. The summed E-state index contributed by atoms with van der Waals surface area (Å²) in [5.74, 6) is -0.0719. The summed E-state index contributed by atoms with van der Waals surface area (Å²) in [5, 5.41) is 21.5. The molecular weight excluding hydrogens is 530 g/mol. The number of hydrogen-bond donors (Lipinski definition) is 2. The summed E-state index contributed by atoms with van der Waals surface area (Å²) in [6.07, 6.45) is 2.57. The van der Waals surface area contributed by atoms with Crippen LogP contribution in [0, 0.1) is 17.3 Å². The molecule has 216 valence electrons. The lowest BCUT2D eigenvalue weighted by Crippen LogP contribution is -2.77. The Hall–Kier alpha value is -2.99. The summed E-state index contributed by atoms with van der Waals surface area (Å²) in [6.45, 7) is 6.98. The second-order valence-electron chi connectivity index (χ2n) is 13.4. The number of epoxide rings is 3. The van der Waals surface area contributed by atoms with Crippen LogP contribution in [0.25, 0.3) is 10.9 Å². The van der Waals surface area contributed by atoms with Gasteiger partial charge in [-0.3, -0.25) is 0 Å². The number of aromatic nitrogens is 2. The van der Waals surface area contributed by atoms with Crippen molar-refractivity contribution in [1.29, 1.82) is 0 Å². The molecule has 0 unspecified atom stereocenters. The first-order valence-corrected chi connectivity index (χ1v) is 14.5. The van der Waals surface area contributed by atoms with Gasteiger partial charge in [-0.15, -0.1) is 0 Å². The molecule has 0 bridgehead atoms. The highest BCUT2D eigenvalue weighted by Gasteiger charge is 3.04. The van der Waals surface area contributed by atoms with E-state index in [-0.39, 0.29) is 48.1 Å². The number of ether oxygens (including phenoxy) is 5. The zero-order chi connectivity index (χ0) is 28.3. The number of anilines is 1. The fourth-order valence-electron chi connectivity index (χ4n) is 9.95. The number of fused-ring (bicyclic) bond motifs is 5. The number of benzene rings is 1. The van der Waals surface area contributed by atoms with Gasteiger partial charge in [0.25, 0.3) is 0 Å². The summed E-state index contributed by atoms with van der Waals surface area (Å²) in [4.78, 5) is 24.5. The van der Waals surface area contributed by atoms with E-state index in [0.717, 1.165) is 28.6 Å². The second-order valence-corrected chi connectivity index (χ2v) is 13.4. The van der Waals surface area contributed by atoms with Crippen molar-refractivity contribution in [3.8, 4) is 0 Å². The van der Waals surface area contributed by atoms with Crippen LogP contribution < -0.4 is 5.32 Å². The van der Waals surface area contributed by atoms with Crippen LogP contribution >= 0.6 is 0 Å². The van der Waals surface area contributed by atoms with E-state index in [1.807, 2.05) is 18.2 Å². The van der Waals surface area contributed by atoms with Gasteiger partial charge in [-0.25, -0.2) is 9.59 Å². The Morgan fingerprint density at radius 1 is 1.24 bits per heavy atom. The van der Waals surface area contributed by atoms with Crippen molar-refractivity contribution in [1.82, 2.24) is 9.78 Å². The molecule has 1 aromatic heterocycles. The van der Waals surface area contributed by atoms with Gasteiger partial charge in [-0.1, -0.05) is 20.8 Å². The number of nitrogens with one attached hydrogen (secondary N) is 1. The van der Waals surface area contributed by atoms with E-state index in [1.165, 1.54) is 11.8 Å². The van der Waals surface area contributed by atoms with Crippen LogP contribution in [-0.4, -0.2) is 87.9 Å². The van der Waals surface area contributed by atoms with Gasteiger partial charge in [-0.2, -0.15) is 9.78 Å². The third-order valence-electron chi connectivity index (χ3n) is 11.9. The van der Waals surface area contributed by atoms with Crippen molar-refractivity contribution in [2.75, 3.05) is 25.6 Å². The zero-order valence-corrected chi connectivity index (χ0v) is 23.4. The largest absolute Gasteiger partial charge is 0.458 e. The molecule has 9 atom stereocenters. The first kappa shape index (κ1) is 24.6. The molecule has 0 amide bonds. The molecule has 7 aliphatic rings. The Morgan fingerprint density at radius 3 is 2.85 bits per heavy atom. The van der Waals surface area contributed by atoms with Crippen molar-refractivity contribution in [2.45, 2.75) is 80.7 Å². The van der Waals surface area contributed by atoms with E-state index in [2.05, 4.69) is 31.2 Å². The Labute approximate surface area is 236 Å². The van der Waals surface area contributed by atoms with Gasteiger partial charge in [0.05, 0.1) is 24.9 Å². The maximum Gasteiger partial charge on any atom is 0.434 e. The van der Waals surface area contributed by atoms with Crippen molar-refractivity contribution in [3.63, 3.8) is 0 Å². The van der Waals surface area contributed by atoms with Gasteiger partial charge in [0.15, 0.2) is 5.60 Å². The topological polar surface area (TPSA) is 140 Å². The van der Waals surface area contributed by atoms with Gasteiger partial charge in [0, 0.05) is 28.6 Å². The van der Waals surface area contributed by atoms with Crippen LogP contribution in [0.1, 0.15) is 40.0 Å². The molecule has 41 heavy (non-hydrogen) atoms. The highest BCUT2D eigenvalue weighted by Crippen LogP contribution is 2.85. The summed E-state index contributed by atoms with van der Waals surface area (Å²) < 4.78 is 31.6. The summed E-state index contributed by atoms with van der Waals surface area (Å²) in [6, 6.07) is 5.57. The van der Waals surface area contributed by atoms with Crippen molar-refractivity contribution >= 4 is 28.7 Å². The Morgan fingerprint density at radius 2 is 2.07 bits per heavy atom. The van der Waals surface area contributed by atoms with Gasteiger partial charge < -0.3 is 34.1 Å². The fourth-order valence-corrected chi connectivity index (χ4v) is 9.95. The Balaban J connectivity index is 1.11. The van der Waals surface area contributed by atoms with Gasteiger partial charge in [-0.05, 0) is 54.9 Å². The van der Waals surface area contributed by atoms with Gasteiger partial charge in [0.2, 0.25) is 0 Å². The lowest BCUT2D eigenvalue weighted by molar-refractivity contribution is -0.159. The van der Waals surface area contributed by atoms with Crippen LogP contribution in [0.2, 0.25) is 0 Å². The number of carbonyl (C=O) groups is 2. The maximum absolute atomic E-state index is 13.0. The number of nitrogens with zero attached hydrogens (tertiary/aromatic N) is 2. The van der Waals surface area contributed by atoms with Crippen LogP contribution in [-0.2, 0) is 28.5 Å². The van der Waals surface area contributed by atoms with Crippen LogP contribution in [0.5, 0.6) is 0 Å². The van der Waals surface area contributed by atoms with E-state index >= 15 is 0 Å². The molecule has 0 radical (unpaired) electrons. The van der Waals surface area contributed by atoms with Gasteiger partial charge >= 0.3 is 12.1 Å². The zero-order valence-electron chi connectivity index (χ0n) is 23.4. The first-order valence-electron chi connectivity index (χ1n) is 14.5. The Kier molecular flexibility index (Phi) is 4.28. The number of hydrogen-bond acceptors (Lipinski definition) is 10. The van der Waals surface area contributed by atoms with E-state index in [4.69, 9.17) is 23.7 Å². The fraction of sp³-hybridized carbons (Fsp3) is 0.633. The average molecular weight is 564 g/mol. The molecule has 11 heteroatoms. The maximum atomic E-state index is 13.0. The van der Waals surface area contributed by atoms with Crippen LogP contribution in [0.15, 0.2) is 35.5 Å². The summed E-state index contributed by atoms with van der Waals surface area (Å²) in [7, 11) is 1.32. The number of aliphatic hydroxyl groups is 1. The quantitative estimate of drug-likeness (QED) is 0.421. The van der Waals surface area contributed by atoms with E-state index in [9.17, 15) is 14.7 Å². The summed E-state index contributed by atoms with van der Waals surface area (Å²) >= 11 is 0. The molecule has 2 spiro atoms. The SMILES string of the molecule is COC(=O)n1ncc2cc(NC[C@@]3(O)[C@]45O[C@H]4C[C@H]4C6=C(CC[C@]4(C)[C@@]54O[C@H]4[C@@H]4O[C@@]43C(C)C)C(=O)OC6)ccc21. The molecule has 2 saturated carbocycles. The smallest absolute Gasteiger partial charge is 0.434 e. The molecule has 3 aliphatic carbocycles. The normalized spacial score (nSPS) is 46.0. The molecule has 9 rings (SSSR count). The molecular formula is C30H33N3O8. The summed E-state index contributed by atoms with van der Waals surface area (Å²) in [5.41, 5.74) is -0.833. The molecule has 4 aliphatic heterocycles. The minimum atomic E-state index is -1.38. The standard InChI is InChI=1S/C30H33N3O8/c1-14(2)28-22(40-28)23-30(41-23)26(3)8-7-17-18(12-38-24(17)34)19(26)10-21-29(30,39-21)27(28,36)13-31-16-5-6-20-15(9-16)11-32-33(20)25(35)37-4/h5-6,9,11,14,19,21-23,31,36H,7-8,10,12-13H2,1-4H3/t19-,21-,22-,23-,26-,27-,28-,29+,30+/m0/s1. The third kappa shape index (κ3) is 2.42. The first-order chi connectivity index (χ1) is 19.6. The van der Waals surface area contributed by atoms with Crippen molar-refractivity contribution in [3.05, 3.63) is 35.5 Å². The minimum absolute atomic E-state index is 0.0218. The minimum Gasteiger partial charge on any atom is -0.458 e. The van der Waals surface area contributed by atoms with Crippen molar-refractivity contribution in [2.24, 2.45) is 17.3 Å². The lowest BCUT2D eigenvalue weighted by atomic mass is 9.44. The van der Waals surface area contributed by atoms with E-state index < -0.39 is 28.5 Å². The molecule has 2 N–H and O–H groups in total. The lowest BCUT2D eigenvalue weighted by Gasteiger charge is -2.56. The number of carbonyl (C=O) groups excluding carboxylic acids is 2. The van der Waals surface area contributed by atoms with Gasteiger partial charge in [0.1, 0.15) is 35.6 Å². The molecule has 5 heterocycles. The average Bonchev–Trinajstić information content (AvgIpc) is 3.88. The molecule has 1 aromatic carbocycles. The predicted molar refractivity (Wildman–Crippen MR) is 142 cm³/mol. The number of rotatable bonds is 4. The highest BCUT2D eigenvalue weighted by molar-refractivity contribution is 5.92. The number of cyclic esters (lactones) is 1. The number of esters is 1. The van der Waals surface area contributed by atoms with Crippen LogP contribution in [0.3, 0.4) is 0 Å². The molecule has 5 fully saturated rings. The Bertz CT molecular complexity index is 1620. The predicted octanol–water partition coefficient (Wildman–Crippen LogP) is 2.55.